The fraction of sp³-hybridized carbons (Fsp3) is 0.154. The lowest BCUT2D eigenvalue weighted by molar-refractivity contribution is 0.101. The van der Waals surface area contributed by atoms with Crippen LogP contribution >= 0.6 is 0 Å². The molecule has 0 aliphatic rings. The number of nitrogens with one attached hydrogen (secondary N) is 1. The lowest BCUT2D eigenvalue weighted by Crippen LogP contribution is -2.16. The smallest absolute Gasteiger partial charge is 0.272 e. The van der Waals surface area contributed by atoms with Crippen molar-refractivity contribution in [2.75, 3.05) is 5.32 Å². The maximum absolute atomic E-state index is 13.1. The number of aryl methyl sites for hydroxylation is 1. The van der Waals surface area contributed by atoms with E-state index in [1.165, 1.54) is 12.1 Å². The van der Waals surface area contributed by atoms with Crippen LogP contribution in [0.3, 0.4) is 0 Å². The number of anilines is 1. The van der Waals surface area contributed by atoms with Gasteiger partial charge in [-0.25, -0.2) is 4.39 Å². The Morgan fingerprint density at radius 2 is 2.22 bits per heavy atom. The zero-order valence-electron chi connectivity index (χ0n) is 9.85. The number of hydrogen-bond acceptors (Lipinski definition) is 2. The molecule has 94 valence electrons. The first-order chi connectivity index (χ1) is 8.61. The average molecular weight is 248 g/mol. The lowest BCUT2D eigenvalue weighted by atomic mass is 10.2. The highest BCUT2D eigenvalue weighted by molar-refractivity contribution is 6.03. The fourth-order valence-corrected chi connectivity index (χ4v) is 1.68. The normalized spacial score (nSPS) is 10.3. The first kappa shape index (κ1) is 12.2. The number of aromatic hydroxyl groups is 1. The van der Waals surface area contributed by atoms with Gasteiger partial charge in [-0.3, -0.25) is 4.79 Å². The number of carbonyl (C=O) groups excluding carboxylic acids is 1. The molecule has 0 saturated heterocycles. The summed E-state index contributed by atoms with van der Waals surface area (Å²) in [6.07, 6.45) is 1.80. The zero-order chi connectivity index (χ0) is 13.1. The molecule has 1 aromatic heterocycles. The molecular formula is C13H13FN2O2. The molecule has 2 N–H and O–H groups in total. The third kappa shape index (κ3) is 2.34. The van der Waals surface area contributed by atoms with Crippen molar-refractivity contribution in [2.24, 2.45) is 0 Å². The fourth-order valence-electron chi connectivity index (χ4n) is 1.68. The standard InChI is InChI=1S/C13H13FN2O2/c1-2-16-7-3-4-11(16)13(18)15-9-5-6-12(17)10(14)8-9/h3-8,17H,2H2,1H3,(H,15,18). The van der Waals surface area contributed by atoms with E-state index < -0.39 is 11.6 Å². The van der Waals surface area contributed by atoms with Crippen LogP contribution in [0.15, 0.2) is 36.5 Å². The molecule has 0 atom stereocenters. The summed E-state index contributed by atoms with van der Waals surface area (Å²) in [5.41, 5.74) is 0.810. The van der Waals surface area contributed by atoms with Crippen molar-refractivity contribution < 1.29 is 14.3 Å². The Labute approximate surface area is 104 Å². The van der Waals surface area contributed by atoms with Gasteiger partial charge in [0, 0.05) is 24.5 Å². The highest BCUT2D eigenvalue weighted by Gasteiger charge is 2.11. The largest absolute Gasteiger partial charge is 0.505 e. The maximum Gasteiger partial charge on any atom is 0.272 e. The molecule has 0 aliphatic carbocycles. The van der Waals surface area contributed by atoms with Crippen LogP contribution in [-0.4, -0.2) is 15.6 Å². The van der Waals surface area contributed by atoms with E-state index in [4.69, 9.17) is 5.11 Å². The molecule has 0 aliphatic heterocycles. The van der Waals surface area contributed by atoms with Gasteiger partial charge in [-0.05, 0) is 31.2 Å². The van der Waals surface area contributed by atoms with Crippen LogP contribution in [0.1, 0.15) is 17.4 Å². The predicted molar refractivity (Wildman–Crippen MR) is 66.1 cm³/mol. The number of amides is 1. The summed E-state index contributed by atoms with van der Waals surface area (Å²) in [5, 5.41) is 11.6. The SMILES string of the molecule is CCn1cccc1C(=O)Nc1ccc(O)c(F)c1. The molecule has 0 spiro atoms. The van der Waals surface area contributed by atoms with Gasteiger partial charge in [0.05, 0.1) is 0 Å². The molecule has 18 heavy (non-hydrogen) atoms. The van der Waals surface area contributed by atoms with Gasteiger partial charge in [-0.2, -0.15) is 0 Å². The molecule has 1 amide bonds. The molecule has 1 heterocycles. The molecule has 0 radical (unpaired) electrons. The minimum Gasteiger partial charge on any atom is -0.505 e. The van der Waals surface area contributed by atoms with Crippen molar-refractivity contribution in [1.82, 2.24) is 4.57 Å². The number of rotatable bonds is 3. The van der Waals surface area contributed by atoms with Crippen LogP contribution in [0.25, 0.3) is 0 Å². The number of nitrogens with zero attached hydrogens (tertiary/aromatic N) is 1. The van der Waals surface area contributed by atoms with E-state index in [0.29, 0.717) is 17.9 Å². The van der Waals surface area contributed by atoms with Gasteiger partial charge in [-0.1, -0.05) is 0 Å². The Morgan fingerprint density at radius 3 is 2.89 bits per heavy atom. The predicted octanol–water partition coefficient (Wildman–Crippen LogP) is 2.61. The Kier molecular flexibility index (Phi) is 3.32. The summed E-state index contributed by atoms with van der Waals surface area (Å²) in [7, 11) is 0. The highest BCUT2D eigenvalue weighted by Crippen LogP contribution is 2.19. The number of halogens is 1. The van der Waals surface area contributed by atoms with Gasteiger partial charge in [0.25, 0.3) is 5.91 Å². The van der Waals surface area contributed by atoms with Gasteiger partial charge in [0.1, 0.15) is 5.69 Å². The van der Waals surface area contributed by atoms with Crippen LogP contribution in [0, 0.1) is 5.82 Å². The second kappa shape index (κ2) is 4.91. The van der Waals surface area contributed by atoms with Crippen molar-refractivity contribution in [3.63, 3.8) is 0 Å². The van der Waals surface area contributed by atoms with Crippen molar-refractivity contribution in [3.8, 4) is 5.75 Å². The summed E-state index contributed by atoms with van der Waals surface area (Å²) in [4.78, 5) is 11.9. The minimum atomic E-state index is -0.765. The molecule has 2 rings (SSSR count). The van der Waals surface area contributed by atoms with Gasteiger partial charge >= 0.3 is 0 Å². The van der Waals surface area contributed by atoms with Crippen LogP contribution in [0.4, 0.5) is 10.1 Å². The van der Waals surface area contributed by atoms with E-state index in [1.807, 2.05) is 6.92 Å². The van der Waals surface area contributed by atoms with E-state index in [9.17, 15) is 9.18 Å². The number of phenols is 1. The monoisotopic (exact) mass is 248 g/mol. The molecule has 4 nitrogen and oxygen atoms in total. The summed E-state index contributed by atoms with van der Waals surface area (Å²) < 4.78 is 14.9. The molecular weight excluding hydrogens is 235 g/mol. The Balaban J connectivity index is 2.19. The minimum absolute atomic E-state index is 0.305. The summed E-state index contributed by atoms with van der Waals surface area (Å²) in [6, 6.07) is 7.18. The van der Waals surface area contributed by atoms with E-state index in [1.54, 1.807) is 22.9 Å². The molecule has 0 unspecified atom stereocenters. The van der Waals surface area contributed by atoms with Crippen molar-refractivity contribution in [3.05, 3.63) is 48.0 Å². The molecule has 5 heteroatoms. The maximum atomic E-state index is 13.1. The quantitative estimate of drug-likeness (QED) is 0.820. The molecule has 0 fully saturated rings. The summed E-state index contributed by atoms with van der Waals surface area (Å²) in [5.74, 6) is -1.52. The van der Waals surface area contributed by atoms with E-state index in [2.05, 4.69) is 5.32 Å². The summed E-state index contributed by atoms with van der Waals surface area (Å²) >= 11 is 0. The Bertz CT molecular complexity index is 578. The second-order valence-electron chi connectivity index (χ2n) is 3.80. The third-order valence-electron chi connectivity index (χ3n) is 2.61. The van der Waals surface area contributed by atoms with Crippen molar-refractivity contribution >= 4 is 11.6 Å². The molecule has 0 bridgehead atoms. The van der Waals surface area contributed by atoms with Crippen LogP contribution in [0.2, 0.25) is 0 Å². The number of phenolic OH excluding ortho intramolecular Hbond substituents is 1. The highest BCUT2D eigenvalue weighted by atomic mass is 19.1. The third-order valence-corrected chi connectivity index (χ3v) is 2.61. The topological polar surface area (TPSA) is 54.3 Å². The van der Waals surface area contributed by atoms with Gasteiger partial charge in [0.2, 0.25) is 0 Å². The van der Waals surface area contributed by atoms with Gasteiger partial charge in [0.15, 0.2) is 11.6 Å². The van der Waals surface area contributed by atoms with Gasteiger partial charge in [-0.15, -0.1) is 0 Å². The van der Waals surface area contributed by atoms with E-state index in [-0.39, 0.29) is 5.91 Å². The molecule has 2 aromatic rings. The first-order valence-corrected chi connectivity index (χ1v) is 5.57. The Hall–Kier alpha value is -2.30. The number of carbonyl (C=O) groups is 1. The number of aromatic nitrogens is 1. The van der Waals surface area contributed by atoms with E-state index >= 15 is 0 Å². The number of hydrogen-bond donors (Lipinski definition) is 2. The lowest BCUT2D eigenvalue weighted by Gasteiger charge is -2.08. The summed E-state index contributed by atoms with van der Waals surface area (Å²) in [6.45, 7) is 2.61. The zero-order valence-corrected chi connectivity index (χ0v) is 9.85. The van der Waals surface area contributed by atoms with Gasteiger partial charge < -0.3 is 15.0 Å². The van der Waals surface area contributed by atoms with E-state index in [0.717, 1.165) is 6.07 Å². The van der Waals surface area contributed by atoms with Crippen LogP contribution in [-0.2, 0) is 6.54 Å². The number of benzene rings is 1. The van der Waals surface area contributed by atoms with Crippen LogP contribution in [0.5, 0.6) is 5.75 Å². The first-order valence-electron chi connectivity index (χ1n) is 5.57. The molecule has 1 aromatic carbocycles. The van der Waals surface area contributed by atoms with Crippen LogP contribution < -0.4 is 5.32 Å². The molecule has 0 saturated carbocycles. The van der Waals surface area contributed by atoms with Crippen molar-refractivity contribution in [2.45, 2.75) is 13.5 Å². The second-order valence-corrected chi connectivity index (χ2v) is 3.80. The Morgan fingerprint density at radius 1 is 1.44 bits per heavy atom. The van der Waals surface area contributed by atoms with Crippen molar-refractivity contribution in [1.29, 1.82) is 0 Å². The average Bonchev–Trinajstić information content (AvgIpc) is 2.82.